The molecule has 0 aliphatic carbocycles. The molecule has 0 aliphatic rings. The van der Waals surface area contributed by atoms with Crippen LogP contribution in [0.5, 0.6) is 0 Å². The molecular weight excluding hydrogens is 1040 g/mol. The number of hydrogen-bond acceptors (Lipinski definition) is 7. The minimum absolute atomic E-state index is 0.0364. The van der Waals surface area contributed by atoms with Gasteiger partial charge < -0.3 is 18.9 Å². The van der Waals surface area contributed by atoms with Crippen molar-refractivity contribution in [2.45, 2.75) is 380 Å². The number of rotatable bonds is 68. The van der Waals surface area contributed by atoms with Gasteiger partial charge in [0.15, 0.2) is 6.10 Å². The second kappa shape index (κ2) is 64.0. The predicted molar refractivity (Wildman–Crippen MR) is 354 cm³/mol. The molecule has 0 aromatic carbocycles. The number of quaternary nitrogens is 1. The maximum atomic E-state index is 12.9. The summed E-state index contributed by atoms with van der Waals surface area (Å²) in [6.07, 6.45) is 80.2. The number of nitrogens with zero attached hydrogens (tertiary/aromatic N) is 1. The van der Waals surface area contributed by atoms with E-state index >= 15 is 0 Å². The maximum absolute atomic E-state index is 12.9. The zero-order valence-electron chi connectivity index (χ0n) is 55.5. The molecule has 82 heavy (non-hydrogen) atoms. The third-order valence-corrected chi connectivity index (χ3v) is 17.5. The number of ether oxygens (including phenoxy) is 2. The Bertz CT molecular complexity index is 1430. The molecule has 2 atom stereocenters. The molecule has 0 amide bonds. The second-order valence-electron chi connectivity index (χ2n) is 26.0. The van der Waals surface area contributed by atoms with Crippen molar-refractivity contribution in [2.24, 2.45) is 0 Å². The van der Waals surface area contributed by atoms with E-state index in [-0.39, 0.29) is 25.6 Å². The minimum Gasteiger partial charge on any atom is -0.462 e. The van der Waals surface area contributed by atoms with E-state index in [1.807, 2.05) is 21.1 Å². The maximum Gasteiger partial charge on any atom is 0.472 e. The Hall–Kier alpha value is -1.51. The van der Waals surface area contributed by atoms with Gasteiger partial charge in [-0.15, -0.1) is 0 Å². The molecule has 0 aromatic rings. The van der Waals surface area contributed by atoms with Crippen LogP contribution in [0.4, 0.5) is 0 Å². The van der Waals surface area contributed by atoms with Crippen LogP contribution in [0.3, 0.4) is 0 Å². The zero-order valence-corrected chi connectivity index (χ0v) is 56.4. The van der Waals surface area contributed by atoms with Gasteiger partial charge >= 0.3 is 19.8 Å². The van der Waals surface area contributed by atoms with E-state index < -0.39 is 26.5 Å². The number of phosphoric ester groups is 1. The molecule has 486 valence electrons. The molecule has 0 spiro atoms. The van der Waals surface area contributed by atoms with Gasteiger partial charge in [-0.05, 0) is 44.9 Å². The van der Waals surface area contributed by atoms with Crippen LogP contribution < -0.4 is 0 Å². The molecule has 0 aromatic heterocycles. The standard InChI is InChI=1S/C72H140NO8P/c1-6-8-10-12-14-16-18-20-22-24-26-27-28-29-30-31-32-33-34-35-36-37-38-39-40-41-42-43-44-45-47-49-51-53-55-57-59-61-63-65-72(75)81-70(69-80-82(76,77)79-67-66-73(3,4)5)68-78-71(74)64-62-60-58-56-54-52-50-48-46-25-23-21-19-17-15-13-11-9-7-2/h18,20,24,26,70H,6-17,19,21-23,25,27-69H2,1-5H3/p+1/b20-18-,26-24-. The summed E-state index contributed by atoms with van der Waals surface area (Å²) in [6, 6.07) is 0. The van der Waals surface area contributed by atoms with Crippen molar-refractivity contribution >= 4 is 19.8 Å². The van der Waals surface area contributed by atoms with E-state index in [4.69, 9.17) is 18.5 Å². The molecule has 0 bridgehead atoms. The van der Waals surface area contributed by atoms with Gasteiger partial charge in [-0.25, -0.2) is 4.57 Å². The van der Waals surface area contributed by atoms with Crippen molar-refractivity contribution in [1.82, 2.24) is 0 Å². The number of hydrogen-bond donors (Lipinski definition) is 1. The van der Waals surface area contributed by atoms with Crippen molar-refractivity contribution < 1.29 is 42.1 Å². The van der Waals surface area contributed by atoms with E-state index in [2.05, 4.69) is 38.2 Å². The van der Waals surface area contributed by atoms with Crippen molar-refractivity contribution in [3.8, 4) is 0 Å². The topological polar surface area (TPSA) is 108 Å². The number of phosphoric acid groups is 1. The number of unbranched alkanes of at least 4 members (excludes halogenated alkanes) is 50. The smallest absolute Gasteiger partial charge is 0.462 e. The lowest BCUT2D eigenvalue weighted by molar-refractivity contribution is -0.870. The number of carbonyl (C=O) groups is 2. The van der Waals surface area contributed by atoms with Gasteiger partial charge in [0.25, 0.3) is 0 Å². The first-order valence-electron chi connectivity index (χ1n) is 36.1. The van der Waals surface area contributed by atoms with Crippen LogP contribution in [0.15, 0.2) is 24.3 Å². The molecule has 0 radical (unpaired) electrons. The van der Waals surface area contributed by atoms with Crippen molar-refractivity contribution in [2.75, 3.05) is 47.5 Å². The van der Waals surface area contributed by atoms with Gasteiger partial charge in [0.1, 0.15) is 19.8 Å². The Balaban J connectivity index is 3.88. The van der Waals surface area contributed by atoms with Crippen molar-refractivity contribution in [3.63, 3.8) is 0 Å². The van der Waals surface area contributed by atoms with E-state index in [0.717, 1.165) is 44.9 Å². The highest BCUT2D eigenvalue weighted by atomic mass is 31.2. The molecule has 0 saturated carbocycles. The van der Waals surface area contributed by atoms with Crippen LogP contribution in [-0.2, 0) is 32.7 Å². The number of esters is 2. The van der Waals surface area contributed by atoms with Gasteiger partial charge in [-0.2, -0.15) is 0 Å². The fraction of sp³-hybridized carbons (Fsp3) is 0.917. The summed E-state index contributed by atoms with van der Waals surface area (Å²) in [5.74, 6) is -0.772. The summed E-state index contributed by atoms with van der Waals surface area (Å²) in [6.45, 7) is 4.50. The minimum atomic E-state index is -4.38. The monoisotopic (exact) mass is 1180 g/mol. The summed E-state index contributed by atoms with van der Waals surface area (Å²) in [5, 5.41) is 0. The van der Waals surface area contributed by atoms with Gasteiger partial charge in [-0.1, -0.05) is 340 Å². The summed E-state index contributed by atoms with van der Waals surface area (Å²) >= 11 is 0. The van der Waals surface area contributed by atoms with E-state index in [9.17, 15) is 19.0 Å². The molecule has 0 fully saturated rings. The number of carbonyl (C=O) groups excluding carboxylic acids is 2. The molecule has 9 nitrogen and oxygen atoms in total. The highest BCUT2D eigenvalue weighted by Gasteiger charge is 2.27. The Morgan fingerprint density at radius 2 is 0.659 bits per heavy atom. The third-order valence-electron chi connectivity index (χ3n) is 16.5. The lowest BCUT2D eigenvalue weighted by Gasteiger charge is -2.24. The van der Waals surface area contributed by atoms with E-state index in [1.54, 1.807) is 0 Å². The fourth-order valence-corrected chi connectivity index (χ4v) is 11.7. The average molecular weight is 1180 g/mol. The first-order valence-corrected chi connectivity index (χ1v) is 37.6. The van der Waals surface area contributed by atoms with Gasteiger partial charge in [0.2, 0.25) is 0 Å². The Kier molecular flexibility index (Phi) is 62.8. The van der Waals surface area contributed by atoms with Gasteiger partial charge in [0, 0.05) is 12.8 Å². The van der Waals surface area contributed by atoms with Crippen LogP contribution in [-0.4, -0.2) is 74.9 Å². The van der Waals surface area contributed by atoms with Gasteiger partial charge in [0.05, 0.1) is 27.7 Å². The molecule has 10 heteroatoms. The van der Waals surface area contributed by atoms with Crippen molar-refractivity contribution in [3.05, 3.63) is 24.3 Å². The highest BCUT2D eigenvalue weighted by molar-refractivity contribution is 7.47. The Morgan fingerprint density at radius 1 is 0.378 bits per heavy atom. The quantitative estimate of drug-likeness (QED) is 0.0211. The molecule has 0 rings (SSSR count). The predicted octanol–water partition coefficient (Wildman–Crippen LogP) is 23.3. The van der Waals surface area contributed by atoms with Crippen LogP contribution in [0.2, 0.25) is 0 Å². The molecular formula is C72H141NO8P+. The molecule has 0 heterocycles. The molecule has 2 unspecified atom stereocenters. The SMILES string of the molecule is CCCCCCC/C=C\C/C=C\CCCCCCCCCCCCCCCCCCCCCCCCCCCCCC(=O)OC(COC(=O)CCCCCCCCCCCCCCCCCCCCC)COP(=O)(O)OCC[N+](C)(C)C. The van der Waals surface area contributed by atoms with E-state index in [0.29, 0.717) is 17.4 Å². The fourth-order valence-electron chi connectivity index (χ4n) is 10.9. The largest absolute Gasteiger partial charge is 0.472 e. The van der Waals surface area contributed by atoms with Crippen LogP contribution in [0.1, 0.15) is 373 Å². The Morgan fingerprint density at radius 3 is 0.963 bits per heavy atom. The van der Waals surface area contributed by atoms with Crippen LogP contribution in [0, 0.1) is 0 Å². The highest BCUT2D eigenvalue weighted by Crippen LogP contribution is 2.43. The number of likely N-dealkylation sites (N-methyl/N-ethyl adjacent to an activating group) is 1. The van der Waals surface area contributed by atoms with Gasteiger partial charge in [-0.3, -0.25) is 18.6 Å². The first kappa shape index (κ1) is 80.5. The first-order chi connectivity index (χ1) is 40.0. The second-order valence-corrected chi connectivity index (χ2v) is 27.4. The molecule has 1 N–H and O–H groups in total. The van der Waals surface area contributed by atoms with Crippen molar-refractivity contribution in [1.29, 1.82) is 0 Å². The summed E-state index contributed by atoms with van der Waals surface area (Å²) in [5.41, 5.74) is 0. The van der Waals surface area contributed by atoms with E-state index in [1.165, 1.54) is 302 Å². The molecule has 0 saturated heterocycles. The molecule has 0 aliphatic heterocycles. The average Bonchev–Trinajstić information content (AvgIpc) is 3.46. The lowest BCUT2D eigenvalue weighted by atomic mass is 10.0. The third kappa shape index (κ3) is 67.6. The summed E-state index contributed by atoms with van der Waals surface area (Å²) in [7, 11) is 1.50. The normalized spacial score (nSPS) is 13.2. The zero-order chi connectivity index (χ0) is 59.8. The van der Waals surface area contributed by atoms with Crippen LogP contribution in [0.25, 0.3) is 0 Å². The number of allylic oxidation sites excluding steroid dienone is 4. The Labute approximate surface area is 510 Å². The lowest BCUT2D eigenvalue weighted by Crippen LogP contribution is -2.37. The van der Waals surface area contributed by atoms with Crippen LogP contribution >= 0.6 is 7.82 Å². The summed E-state index contributed by atoms with van der Waals surface area (Å²) in [4.78, 5) is 35.8. The summed E-state index contributed by atoms with van der Waals surface area (Å²) < 4.78 is 34.7.